The molecule has 5 rings (SSSR count). The van der Waals surface area contributed by atoms with Crippen LogP contribution in [0, 0.1) is 6.92 Å². The second-order valence-corrected chi connectivity index (χ2v) is 8.32. The van der Waals surface area contributed by atoms with Crippen LogP contribution in [-0.2, 0) is 0 Å². The lowest BCUT2D eigenvalue weighted by molar-refractivity contribution is 0.0711. The van der Waals surface area contributed by atoms with Gasteiger partial charge in [-0.3, -0.25) is 14.8 Å². The standard InChI is InChI=1S/C27H25N5O/c1-19-6-2-3-7-22(19)27(33)32-16-11-21(12-17-32)25-23(20-9-14-28-15-10-20)18-30-26(31-25)24-8-4-5-13-29-24/h2-10,13-15,18,21H,11-12,16-17H2,1H3. The van der Waals surface area contributed by atoms with E-state index in [-0.39, 0.29) is 11.8 Å². The molecule has 4 aromatic rings. The summed E-state index contributed by atoms with van der Waals surface area (Å²) < 4.78 is 0. The largest absolute Gasteiger partial charge is 0.339 e. The van der Waals surface area contributed by atoms with Gasteiger partial charge in [-0.25, -0.2) is 9.97 Å². The molecule has 1 saturated heterocycles. The first-order valence-electron chi connectivity index (χ1n) is 11.2. The van der Waals surface area contributed by atoms with Gasteiger partial charge in [0, 0.05) is 54.9 Å². The Morgan fingerprint density at radius 3 is 2.39 bits per heavy atom. The molecule has 1 aliphatic heterocycles. The molecule has 4 heterocycles. The number of hydrogen-bond acceptors (Lipinski definition) is 5. The van der Waals surface area contributed by atoms with Gasteiger partial charge in [-0.1, -0.05) is 24.3 Å². The topological polar surface area (TPSA) is 71.9 Å². The van der Waals surface area contributed by atoms with E-state index in [1.165, 1.54) is 0 Å². The summed E-state index contributed by atoms with van der Waals surface area (Å²) in [6.45, 7) is 3.40. The molecule has 6 nitrogen and oxygen atoms in total. The van der Waals surface area contributed by atoms with E-state index in [2.05, 4.69) is 15.0 Å². The smallest absolute Gasteiger partial charge is 0.254 e. The van der Waals surface area contributed by atoms with Crippen LogP contribution in [0.25, 0.3) is 22.6 Å². The SMILES string of the molecule is Cc1ccccc1C(=O)N1CCC(c2nc(-c3ccccn3)ncc2-c2ccncc2)CC1. The van der Waals surface area contributed by atoms with E-state index in [9.17, 15) is 4.79 Å². The molecular weight excluding hydrogens is 410 g/mol. The average Bonchev–Trinajstić information content (AvgIpc) is 2.89. The monoisotopic (exact) mass is 435 g/mol. The Morgan fingerprint density at radius 1 is 0.909 bits per heavy atom. The number of rotatable bonds is 4. The zero-order valence-corrected chi connectivity index (χ0v) is 18.6. The van der Waals surface area contributed by atoms with Crippen LogP contribution in [0.2, 0.25) is 0 Å². The maximum atomic E-state index is 13.1. The number of carbonyl (C=O) groups is 1. The number of likely N-dealkylation sites (tertiary alicyclic amines) is 1. The minimum absolute atomic E-state index is 0.109. The zero-order chi connectivity index (χ0) is 22.6. The van der Waals surface area contributed by atoms with Crippen molar-refractivity contribution in [1.29, 1.82) is 0 Å². The van der Waals surface area contributed by atoms with Gasteiger partial charge in [0.15, 0.2) is 5.82 Å². The molecule has 0 radical (unpaired) electrons. The number of amides is 1. The van der Waals surface area contributed by atoms with Crippen LogP contribution in [0.3, 0.4) is 0 Å². The molecule has 0 unspecified atom stereocenters. The molecule has 1 fully saturated rings. The van der Waals surface area contributed by atoms with Gasteiger partial charge in [-0.05, 0) is 61.2 Å². The molecule has 0 aliphatic carbocycles. The average molecular weight is 436 g/mol. The van der Waals surface area contributed by atoms with E-state index in [0.29, 0.717) is 18.9 Å². The van der Waals surface area contributed by atoms with Crippen molar-refractivity contribution in [3.8, 4) is 22.6 Å². The lowest BCUT2D eigenvalue weighted by Crippen LogP contribution is -2.38. The van der Waals surface area contributed by atoms with Crippen molar-refractivity contribution < 1.29 is 4.79 Å². The summed E-state index contributed by atoms with van der Waals surface area (Å²) in [4.78, 5) is 33.2. The molecule has 0 N–H and O–H groups in total. The quantitative estimate of drug-likeness (QED) is 0.455. The summed E-state index contributed by atoms with van der Waals surface area (Å²) in [5.74, 6) is 0.971. The Kier molecular flexibility index (Phi) is 5.89. The predicted octanol–water partition coefficient (Wildman–Crippen LogP) is 4.93. The Hall–Kier alpha value is -3.93. The summed E-state index contributed by atoms with van der Waals surface area (Å²) in [6, 6.07) is 17.5. The van der Waals surface area contributed by atoms with E-state index in [1.54, 1.807) is 18.6 Å². The fourth-order valence-electron chi connectivity index (χ4n) is 4.42. The second kappa shape index (κ2) is 9.28. The molecule has 33 heavy (non-hydrogen) atoms. The van der Waals surface area contributed by atoms with Crippen LogP contribution in [0.5, 0.6) is 0 Å². The first-order valence-corrected chi connectivity index (χ1v) is 11.2. The van der Waals surface area contributed by atoms with Gasteiger partial charge >= 0.3 is 0 Å². The fraction of sp³-hybridized carbons (Fsp3) is 0.222. The van der Waals surface area contributed by atoms with E-state index in [4.69, 9.17) is 4.98 Å². The molecule has 1 amide bonds. The minimum Gasteiger partial charge on any atom is -0.339 e. The van der Waals surface area contributed by atoms with Gasteiger partial charge in [0.25, 0.3) is 5.91 Å². The molecule has 164 valence electrons. The first-order chi connectivity index (χ1) is 16.2. The summed E-state index contributed by atoms with van der Waals surface area (Å²) >= 11 is 0. The molecule has 6 heteroatoms. The molecule has 0 bridgehead atoms. The van der Waals surface area contributed by atoms with Gasteiger partial charge in [-0.15, -0.1) is 0 Å². The number of nitrogens with zero attached hydrogens (tertiary/aromatic N) is 5. The van der Waals surface area contributed by atoms with E-state index in [1.807, 2.05) is 72.6 Å². The zero-order valence-electron chi connectivity index (χ0n) is 18.6. The molecular formula is C27H25N5O. The Balaban J connectivity index is 1.43. The van der Waals surface area contributed by atoms with Crippen LogP contribution in [0.4, 0.5) is 0 Å². The highest BCUT2D eigenvalue weighted by Gasteiger charge is 2.28. The van der Waals surface area contributed by atoms with Crippen LogP contribution < -0.4 is 0 Å². The number of aromatic nitrogens is 4. The summed E-state index contributed by atoms with van der Waals surface area (Å²) in [5, 5.41) is 0. The van der Waals surface area contributed by atoms with Crippen molar-refractivity contribution in [3.63, 3.8) is 0 Å². The number of piperidine rings is 1. The van der Waals surface area contributed by atoms with Gasteiger partial charge < -0.3 is 4.90 Å². The maximum absolute atomic E-state index is 13.1. The minimum atomic E-state index is 0.109. The van der Waals surface area contributed by atoms with Crippen LogP contribution in [0.1, 0.15) is 40.4 Å². The molecule has 3 aromatic heterocycles. The summed E-state index contributed by atoms with van der Waals surface area (Å²) in [7, 11) is 0. The number of hydrogen-bond donors (Lipinski definition) is 0. The third kappa shape index (κ3) is 4.37. The first kappa shape index (κ1) is 20.9. The van der Waals surface area contributed by atoms with Gasteiger partial charge in [0.05, 0.1) is 5.69 Å². The van der Waals surface area contributed by atoms with E-state index >= 15 is 0 Å². The van der Waals surface area contributed by atoms with Crippen molar-refractivity contribution in [1.82, 2.24) is 24.8 Å². The molecule has 1 aromatic carbocycles. The number of benzene rings is 1. The van der Waals surface area contributed by atoms with Crippen molar-refractivity contribution >= 4 is 5.91 Å². The molecule has 0 spiro atoms. The highest BCUT2D eigenvalue weighted by atomic mass is 16.2. The predicted molar refractivity (Wildman–Crippen MR) is 128 cm³/mol. The Bertz CT molecular complexity index is 1250. The van der Waals surface area contributed by atoms with Gasteiger partial charge in [0.1, 0.15) is 5.69 Å². The molecule has 1 aliphatic rings. The van der Waals surface area contributed by atoms with E-state index < -0.39 is 0 Å². The lowest BCUT2D eigenvalue weighted by Gasteiger charge is -2.33. The number of aryl methyl sites for hydroxylation is 1. The third-order valence-corrected chi connectivity index (χ3v) is 6.25. The Labute approximate surface area is 193 Å². The van der Waals surface area contributed by atoms with Crippen molar-refractivity contribution in [3.05, 3.63) is 96.2 Å². The third-order valence-electron chi connectivity index (χ3n) is 6.25. The fourth-order valence-corrected chi connectivity index (χ4v) is 4.42. The summed E-state index contributed by atoms with van der Waals surface area (Å²) in [6.07, 6.45) is 8.94. The number of pyridine rings is 2. The lowest BCUT2D eigenvalue weighted by atomic mass is 9.88. The van der Waals surface area contributed by atoms with E-state index in [0.717, 1.165) is 46.5 Å². The van der Waals surface area contributed by atoms with Crippen LogP contribution in [-0.4, -0.2) is 43.8 Å². The van der Waals surface area contributed by atoms with Gasteiger partial charge in [-0.2, -0.15) is 0 Å². The maximum Gasteiger partial charge on any atom is 0.254 e. The highest BCUT2D eigenvalue weighted by Crippen LogP contribution is 2.35. The molecule has 0 saturated carbocycles. The van der Waals surface area contributed by atoms with Gasteiger partial charge in [0.2, 0.25) is 0 Å². The van der Waals surface area contributed by atoms with Crippen molar-refractivity contribution in [2.24, 2.45) is 0 Å². The normalized spacial score (nSPS) is 14.3. The highest BCUT2D eigenvalue weighted by molar-refractivity contribution is 5.95. The van der Waals surface area contributed by atoms with Crippen LogP contribution in [0.15, 0.2) is 79.4 Å². The number of carbonyl (C=O) groups excluding carboxylic acids is 1. The van der Waals surface area contributed by atoms with Crippen molar-refractivity contribution in [2.75, 3.05) is 13.1 Å². The molecule has 0 atom stereocenters. The van der Waals surface area contributed by atoms with Crippen molar-refractivity contribution in [2.45, 2.75) is 25.7 Å². The Morgan fingerprint density at radius 2 is 1.67 bits per heavy atom. The summed E-state index contributed by atoms with van der Waals surface area (Å²) in [5.41, 5.74) is 5.63. The second-order valence-electron chi connectivity index (χ2n) is 8.32. The van der Waals surface area contributed by atoms with Crippen LogP contribution >= 0.6 is 0 Å².